The van der Waals surface area contributed by atoms with Crippen molar-refractivity contribution in [3.8, 4) is 0 Å². The third kappa shape index (κ3) is 5.05. The van der Waals surface area contributed by atoms with Crippen LogP contribution in [0.3, 0.4) is 0 Å². The van der Waals surface area contributed by atoms with Crippen LogP contribution in [-0.4, -0.2) is 24.2 Å². The molecule has 0 aliphatic heterocycles. The molecule has 0 atom stereocenters. The predicted octanol–water partition coefficient (Wildman–Crippen LogP) is 3.78. The second-order valence-corrected chi connectivity index (χ2v) is 4.96. The minimum atomic E-state index is -0.867. The lowest BCUT2D eigenvalue weighted by atomic mass is 10.1. The van der Waals surface area contributed by atoms with Gasteiger partial charge in [-0.25, -0.2) is 9.59 Å². The number of methoxy groups -OCH3 is 1. The number of carbonyl (C=O) groups excluding carboxylic acids is 1. The number of carboxylic acid groups (broad SMARTS) is 1. The number of esters is 1. The summed E-state index contributed by atoms with van der Waals surface area (Å²) in [4.78, 5) is 21.4. The van der Waals surface area contributed by atoms with E-state index in [2.05, 4.69) is 4.74 Å². The number of carboxylic acids is 1. The molecule has 0 amide bonds. The van der Waals surface area contributed by atoms with Crippen molar-refractivity contribution in [1.82, 2.24) is 0 Å². The van der Waals surface area contributed by atoms with Gasteiger partial charge in [0.25, 0.3) is 0 Å². The lowest BCUT2D eigenvalue weighted by Gasteiger charge is -1.99. The number of rotatable bonds is 2. The molecular weight excluding hydrogens is 280 g/mol. The molecule has 0 saturated carbocycles. The maximum Gasteiger partial charge on any atom is 0.337 e. The zero-order valence-electron chi connectivity index (χ0n) is 13.2. The Kier molecular flexibility index (Phi) is 6.32. The van der Waals surface area contributed by atoms with Crippen LogP contribution >= 0.6 is 0 Å². The van der Waals surface area contributed by atoms with E-state index in [-0.39, 0.29) is 5.97 Å². The monoisotopic (exact) mass is 300 g/mol. The van der Waals surface area contributed by atoms with Gasteiger partial charge in [0.2, 0.25) is 0 Å². The molecular formula is C18H20O4. The molecule has 0 heterocycles. The van der Waals surface area contributed by atoms with Crippen molar-refractivity contribution in [2.24, 2.45) is 0 Å². The Labute approximate surface area is 130 Å². The second kappa shape index (κ2) is 7.98. The van der Waals surface area contributed by atoms with Gasteiger partial charge < -0.3 is 9.84 Å². The van der Waals surface area contributed by atoms with Gasteiger partial charge in [0.15, 0.2) is 0 Å². The molecule has 0 unspecified atom stereocenters. The number of carbonyl (C=O) groups is 2. The van der Waals surface area contributed by atoms with Crippen molar-refractivity contribution >= 4 is 11.9 Å². The molecule has 2 aromatic rings. The zero-order chi connectivity index (χ0) is 16.7. The van der Waals surface area contributed by atoms with Gasteiger partial charge in [0, 0.05) is 0 Å². The molecule has 0 bridgehead atoms. The van der Waals surface area contributed by atoms with Crippen LogP contribution in [0.1, 0.15) is 37.4 Å². The van der Waals surface area contributed by atoms with Crippen molar-refractivity contribution in [2.45, 2.75) is 20.8 Å². The van der Waals surface area contributed by atoms with Crippen LogP contribution in [0.25, 0.3) is 0 Å². The Hall–Kier alpha value is -2.62. The molecule has 0 aliphatic rings. The van der Waals surface area contributed by atoms with Crippen molar-refractivity contribution < 1.29 is 19.4 Å². The van der Waals surface area contributed by atoms with E-state index in [1.807, 2.05) is 39.0 Å². The Balaban J connectivity index is 0.000000220. The minimum Gasteiger partial charge on any atom is -0.478 e. The Bertz CT molecular complexity index is 657. The summed E-state index contributed by atoms with van der Waals surface area (Å²) in [5.41, 5.74) is 4.23. The number of benzene rings is 2. The largest absolute Gasteiger partial charge is 0.478 e. The maximum atomic E-state index is 10.9. The van der Waals surface area contributed by atoms with Gasteiger partial charge in [0.05, 0.1) is 18.2 Å². The highest BCUT2D eigenvalue weighted by Gasteiger charge is 2.02. The highest BCUT2D eigenvalue weighted by atomic mass is 16.5. The number of aromatic carboxylic acids is 1. The summed E-state index contributed by atoms with van der Waals surface area (Å²) in [6.07, 6.45) is 0. The van der Waals surface area contributed by atoms with Gasteiger partial charge in [-0.2, -0.15) is 0 Å². The van der Waals surface area contributed by atoms with E-state index in [9.17, 15) is 9.59 Å². The van der Waals surface area contributed by atoms with Crippen molar-refractivity contribution in [3.05, 3.63) is 70.3 Å². The average Bonchev–Trinajstić information content (AvgIpc) is 2.50. The number of ether oxygens (including phenoxy) is 1. The third-order valence-corrected chi connectivity index (χ3v) is 3.23. The third-order valence-electron chi connectivity index (χ3n) is 3.23. The smallest absolute Gasteiger partial charge is 0.337 e. The fourth-order valence-corrected chi connectivity index (χ4v) is 1.68. The molecule has 0 radical (unpaired) electrons. The van der Waals surface area contributed by atoms with Gasteiger partial charge in [-0.3, -0.25) is 0 Å². The Morgan fingerprint density at radius 3 is 1.86 bits per heavy atom. The molecule has 116 valence electrons. The fourth-order valence-electron chi connectivity index (χ4n) is 1.68. The normalized spacial score (nSPS) is 9.45. The zero-order valence-corrected chi connectivity index (χ0v) is 13.2. The van der Waals surface area contributed by atoms with E-state index in [4.69, 9.17) is 5.11 Å². The first-order chi connectivity index (χ1) is 10.3. The van der Waals surface area contributed by atoms with Crippen LogP contribution in [0.5, 0.6) is 0 Å². The van der Waals surface area contributed by atoms with E-state index in [1.165, 1.54) is 7.11 Å². The highest BCUT2D eigenvalue weighted by molar-refractivity contribution is 5.89. The summed E-state index contributed by atoms with van der Waals surface area (Å²) in [5, 5.41) is 8.60. The summed E-state index contributed by atoms with van der Waals surface area (Å²) in [7, 11) is 1.38. The van der Waals surface area contributed by atoms with E-state index in [0.717, 1.165) is 16.7 Å². The second-order valence-electron chi connectivity index (χ2n) is 4.96. The summed E-state index contributed by atoms with van der Waals surface area (Å²) in [6.45, 7) is 5.84. The van der Waals surface area contributed by atoms with E-state index < -0.39 is 5.97 Å². The maximum absolute atomic E-state index is 10.9. The minimum absolute atomic E-state index is 0.287. The quantitative estimate of drug-likeness (QED) is 0.857. The Morgan fingerprint density at radius 1 is 0.864 bits per heavy atom. The first-order valence-electron chi connectivity index (χ1n) is 6.80. The highest BCUT2D eigenvalue weighted by Crippen LogP contribution is 2.09. The summed E-state index contributed by atoms with van der Waals surface area (Å²) < 4.78 is 4.54. The summed E-state index contributed by atoms with van der Waals surface area (Å²) >= 11 is 0. The molecule has 0 aromatic heterocycles. The fraction of sp³-hybridized carbons (Fsp3) is 0.222. The molecule has 4 nitrogen and oxygen atoms in total. The summed E-state index contributed by atoms with van der Waals surface area (Å²) in [6, 6.07) is 12.4. The molecule has 0 saturated heterocycles. The summed E-state index contributed by atoms with van der Waals surface area (Å²) in [5.74, 6) is -1.15. The first kappa shape index (κ1) is 17.4. The van der Waals surface area contributed by atoms with Gasteiger partial charge in [-0.15, -0.1) is 0 Å². The lowest BCUT2D eigenvalue weighted by Crippen LogP contribution is -2.00. The van der Waals surface area contributed by atoms with Crippen molar-refractivity contribution in [3.63, 3.8) is 0 Å². The molecule has 22 heavy (non-hydrogen) atoms. The topological polar surface area (TPSA) is 63.6 Å². The van der Waals surface area contributed by atoms with Crippen LogP contribution in [0.4, 0.5) is 0 Å². The van der Waals surface area contributed by atoms with E-state index >= 15 is 0 Å². The molecule has 2 rings (SSSR count). The molecule has 0 spiro atoms. The Morgan fingerprint density at radius 2 is 1.41 bits per heavy atom. The van der Waals surface area contributed by atoms with E-state index in [1.54, 1.807) is 24.3 Å². The molecule has 1 N–H and O–H groups in total. The molecule has 0 fully saturated rings. The van der Waals surface area contributed by atoms with Crippen LogP contribution in [-0.2, 0) is 4.74 Å². The number of aryl methyl sites for hydroxylation is 3. The molecule has 2 aromatic carbocycles. The first-order valence-corrected chi connectivity index (χ1v) is 6.80. The van der Waals surface area contributed by atoms with Crippen molar-refractivity contribution in [2.75, 3.05) is 7.11 Å². The molecule has 4 heteroatoms. The van der Waals surface area contributed by atoms with Crippen LogP contribution in [0.2, 0.25) is 0 Å². The van der Waals surface area contributed by atoms with Crippen molar-refractivity contribution in [1.29, 1.82) is 0 Å². The van der Waals surface area contributed by atoms with Gasteiger partial charge in [0.1, 0.15) is 0 Å². The number of hydrogen-bond donors (Lipinski definition) is 1. The van der Waals surface area contributed by atoms with Gasteiger partial charge >= 0.3 is 11.9 Å². The SMILES string of the molecule is COC(=O)c1ccc(C)cc1.Cc1ccc(C(=O)O)cc1C. The lowest BCUT2D eigenvalue weighted by molar-refractivity contribution is 0.0599. The standard InChI is InChI=1S/2C9H10O2/c1-7-3-5-8(6-4-7)9(10)11-2;1-6-3-4-8(9(10)11)5-7(6)2/h3-6H,1-2H3;3-5H,1-2H3,(H,10,11). The van der Waals surface area contributed by atoms with Crippen LogP contribution in [0, 0.1) is 20.8 Å². The van der Waals surface area contributed by atoms with Crippen LogP contribution in [0.15, 0.2) is 42.5 Å². The molecule has 0 aliphatic carbocycles. The number of hydrogen-bond acceptors (Lipinski definition) is 3. The average molecular weight is 300 g/mol. The van der Waals surface area contributed by atoms with Gasteiger partial charge in [-0.05, 0) is 56.2 Å². The predicted molar refractivity (Wildman–Crippen MR) is 85.4 cm³/mol. The van der Waals surface area contributed by atoms with Crippen LogP contribution < -0.4 is 0 Å². The van der Waals surface area contributed by atoms with E-state index in [0.29, 0.717) is 11.1 Å². The van der Waals surface area contributed by atoms with Gasteiger partial charge in [-0.1, -0.05) is 23.8 Å².